The first kappa shape index (κ1) is 17.6. The molecular weight excluding hydrogens is 429 g/mol. The van der Waals surface area contributed by atoms with Gasteiger partial charge >= 0.3 is 0 Å². The molecule has 3 aromatic rings. The quantitative estimate of drug-likeness (QED) is 0.605. The molecule has 0 bridgehead atoms. The van der Waals surface area contributed by atoms with Gasteiger partial charge in [0.05, 0.1) is 19.7 Å². The highest BCUT2D eigenvalue weighted by Crippen LogP contribution is 2.34. The number of aromatic nitrogens is 2. The molecule has 7 heteroatoms. The van der Waals surface area contributed by atoms with Crippen LogP contribution in [0, 0.1) is 3.57 Å². The molecule has 0 radical (unpaired) electrons. The number of anilines is 2. The van der Waals surface area contributed by atoms with E-state index in [1.54, 1.807) is 14.2 Å². The number of hydrogen-bond donors (Lipinski definition) is 1. The molecule has 23 heavy (non-hydrogen) atoms. The highest BCUT2D eigenvalue weighted by molar-refractivity contribution is 14.1. The molecule has 1 heterocycles. The average molecular weight is 444 g/mol. The Morgan fingerprint density at radius 2 is 1.74 bits per heavy atom. The van der Waals surface area contributed by atoms with E-state index < -0.39 is 0 Å². The van der Waals surface area contributed by atoms with Gasteiger partial charge in [-0.15, -0.1) is 12.4 Å². The molecule has 0 aliphatic rings. The molecule has 0 amide bonds. The van der Waals surface area contributed by atoms with E-state index in [2.05, 4.69) is 43.9 Å². The molecule has 3 rings (SSSR count). The predicted octanol–water partition coefficient (Wildman–Crippen LogP) is 4.42. The van der Waals surface area contributed by atoms with Crippen LogP contribution in [0.2, 0.25) is 0 Å². The van der Waals surface area contributed by atoms with Crippen LogP contribution in [0.5, 0.6) is 11.5 Å². The third-order valence-corrected chi connectivity index (χ3v) is 3.90. The maximum absolute atomic E-state index is 5.36. The molecule has 120 valence electrons. The van der Waals surface area contributed by atoms with Gasteiger partial charge in [0.2, 0.25) is 0 Å². The van der Waals surface area contributed by atoms with Gasteiger partial charge in [-0.1, -0.05) is 6.07 Å². The number of hydrogen-bond acceptors (Lipinski definition) is 5. The first-order valence-corrected chi connectivity index (χ1v) is 7.68. The fraction of sp³-hybridized carbons (Fsp3) is 0.125. The van der Waals surface area contributed by atoms with Gasteiger partial charge in [-0.05, 0) is 46.9 Å². The molecule has 0 unspecified atom stereocenters. The van der Waals surface area contributed by atoms with Gasteiger partial charge in [-0.3, -0.25) is 0 Å². The lowest BCUT2D eigenvalue weighted by Gasteiger charge is -2.12. The smallest absolute Gasteiger partial charge is 0.162 e. The summed E-state index contributed by atoms with van der Waals surface area (Å²) >= 11 is 2.28. The van der Waals surface area contributed by atoms with Crippen LogP contribution in [-0.2, 0) is 0 Å². The molecular formula is C16H15ClIN3O2. The van der Waals surface area contributed by atoms with E-state index in [0.717, 1.165) is 26.0 Å². The first-order chi connectivity index (χ1) is 10.7. The van der Waals surface area contributed by atoms with Crippen molar-refractivity contribution in [2.24, 2.45) is 0 Å². The summed E-state index contributed by atoms with van der Waals surface area (Å²) in [6.07, 6.45) is 1.53. The number of nitrogens with zero attached hydrogens (tertiary/aromatic N) is 2. The second-order valence-corrected chi connectivity index (χ2v) is 5.83. The summed E-state index contributed by atoms with van der Waals surface area (Å²) in [6.45, 7) is 0. The molecule has 1 aromatic heterocycles. The minimum atomic E-state index is 0. The number of fused-ring (bicyclic) bond motifs is 1. The number of rotatable bonds is 4. The van der Waals surface area contributed by atoms with Gasteiger partial charge in [0.1, 0.15) is 12.1 Å². The third kappa shape index (κ3) is 3.76. The minimum absolute atomic E-state index is 0. The van der Waals surface area contributed by atoms with E-state index >= 15 is 0 Å². The number of ether oxygens (including phenoxy) is 2. The first-order valence-electron chi connectivity index (χ1n) is 6.60. The van der Waals surface area contributed by atoms with Crippen molar-refractivity contribution in [1.29, 1.82) is 0 Å². The second-order valence-electron chi connectivity index (χ2n) is 4.58. The molecule has 0 aliphatic heterocycles. The van der Waals surface area contributed by atoms with Crippen molar-refractivity contribution in [3.8, 4) is 11.5 Å². The van der Waals surface area contributed by atoms with Crippen LogP contribution in [0.3, 0.4) is 0 Å². The summed E-state index contributed by atoms with van der Waals surface area (Å²) in [5.41, 5.74) is 1.77. The van der Waals surface area contributed by atoms with Crippen molar-refractivity contribution in [3.63, 3.8) is 0 Å². The van der Waals surface area contributed by atoms with Gasteiger partial charge in [-0.25, -0.2) is 9.97 Å². The van der Waals surface area contributed by atoms with Crippen molar-refractivity contribution in [1.82, 2.24) is 9.97 Å². The van der Waals surface area contributed by atoms with E-state index in [4.69, 9.17) is 9.47 Å². The summed E-state index contributed by atoms with van der Waals surface area (Å²) in [6, 6.07) is 11.8. The van der Waals surface area contributed by atoms with Crippen LogP contribution in [-0.4, -0.2) is 24.2 Å². The van der Waals surface area contributed by atoms with Gasteiger partial charge in [0.25, 0.3) is 0 Å². The monoisotopic (exact) mass is 443 g/mol. The van der Waals surface area contributed by atoms with Gasteiger partial charge < -0.3 is 14.8 Å². The van der Waals surface area contributed by atoms with Gasteiger partial charge in [0.15, 0.2) is 11.5 Å². The van der Waals surface area contributed by atoms with Crippen molar-refractivity contribution in [2.75, 3.05) is 19.5 Å². The van der Waals surface area contributed by atoms with Crippen molar-refractivity contribution >= 4 is 57.4 Å². The normalized spacial score (nSPS) is 10.0. The number of nitrogens with one attached hydrogen (secondary N) is 1. The fourth-order valence-electron chi connectivity index (χ4n) is 2.19. The van der Waals surface area contributed by atoms with Crippen molar-refractivity contribution < 1.29 is 9.47 Å². The zero-order valence-corrected chi connectivity index (χ0v) is 15.5. The van der Waals surface area contributed by atoms with E-state index in [1.165, 1.54) is 6.33 Å². The molecule has 1 N–H and O–H groups in total. The Morgan fingerprint density at radius 3 is 2.43 bits per heavy atom. The van der Waals surface area contributed by atoms with Crippen LogP contribution in [0.25, 0.3) is 10.9 Å². The zero-order valence-electron chi connectivity index (χ0n) is 12.5. The maximum Gasteiger partial charge on any atom is 0.162 e. The second kappa shape index (κ2) is 7.65. The summed E-state index contributed by atoms with van der Waals surface area (Å²) in [7, 11) is 3.22. The lowest BCUT2D eigenvalue weighted by atomic mass is 10.2. The lowest BCUT2D eigenvalue weighted by molar-refractivity contribution is 0.356. The van der Waals surface area contributed by atoms with E-state index in [0.29, 0.717) is 11.5 Å². The summed E-state index contributed by atoms with van der Waals surface area (Å²) in [4.78, 5) is 8.64. The Kier molecular flexibility index (Phi) is 5.84. The summed E-state index contributed by atoms with van der Waals surface area (Å²) in [5.74, 6) is 2.03. The van der Waals surface area contributed by atoms with Gasteiger partial charge in [-0.2, -0.15) is 0 Å². The Morgan fingerprint density at radius 1 is 1.00 bits per heavy atom. The standard InChI is InChI=1S/C16H14IN3O2.ClH/c1-21-14-7-12-13(8-15(14)22-2)18-9-19-16(12)20-11-5-3-4-10(17)6-11;/h3-9H,1-2H3,(H,18,19,20);1H. The van der Waals surface area contributed by atoms with E-state index in [-0.39, 0.29) is 12.4 Å². The molecule has 0 aliphatic carbocycles. The molecule has 2 aromatic carbocycles. The van der Waals surface area contributed by atoms with Gasteiger partial charge in [0, 0.05) is 20.7 Å². The maximum atomic E-state index is 5.36. The molecule has 0 saturated heterocycles. The van der Waals surface area contributed by atoms with Crippen molar-refractivity contribution in [3.05, 3.63) is 46.3 Å². The van der Waals surface area contributed by atoms with Crippen LogP contribution in [0.1, 0.15) is 0 Å². The Bertz CT molecular complexity index is 830. The van der Waals surface area contributed by atoms with Crippen LogP contribution in [0.4, 0.5) is 11.5 Å². The largest absolute Gasteiger partial charge is 0.493 e. The predicted molar refractivity (Wildman–Crippen MR) is 102 cm³/mol. The van der Waals surface area contributed by atoms with Crippen LogP contribution >= 0.6 is 35.0 Å². The van der Waals surface area contributed by atoms with E-state index in [1.807, 2.05) is 30.3 Å². The Balaban J connectivity index is 0.00000192. The zero-order chi connectivity index (χ0) is 15.5. The number of benzene rings is 2. The SMILES string of the molecule is COc1cc2ncnc(Nc3cccc(I)c3)c2cc1OC.Cl. The Labute approximate surface area is 154 Å². The van der Waals surface area contributed by atoms with Crippen molar-refractivity contribution in [2.45, 2.75) is 0 Å². The molecule has 0 atom stereocenters. The Hall–Kier alpha value is -1.80. The van der Waals surface area contributed by atoms with E-state index in [9.17, 15) is 0 Å². The molecule has 0 fully saturated rings. The molecule has 5 nitrogen and oxygen atoms in total. The molecule has 0 saturated carbocycles. The highest BCUT2D eigenvalue weighted by atomic mass is 127. The summed E-state index contributed by atoms with van der Waals surface area (Å²) < 4.78 is 11.8. The van der Waals surface area contributed by atoms with Crippen LogP contribution in [0.15, 0.2) is 42.7 Å². The minimum Gasteiger partial charge on any atom is -0.493 e. The fourth-order valence-corrected chi connectivity index (χ4v) is 2.73. The highest BCUT2D eigenvalue weighted by Gasteiger charge is 2.11. The number of methoxy groups -OCH3 is 2. The summed E-state index contributed by atoms with van der Waals surface area (Å²) in [5, 5.41) is 4.20. The third-order valence-electron chi connectivity index (χ3n) is 3.23. The average Bonchev–Trinajstić information content (AvgIpc) is 2.54. The molecule has 0 spiro atoms. The topological polar surface area (TPSA) is 56.3 Å². The lowest BCUT2D eigenvalue weighted by Crippen LogP contribution is -1.98. The van der Waals surface area contributed by atoms with Crippen LogP contribution < -0.4 is 14.8 Å². The number of halogens is 2.